The molecule has 0 saturated carbocycles. The molecule has 0 N–H and O–H groups in total. The van der Waals surface area contributed by atoms with Crippen LogP contribution in [-0.4, -0.2) is 14.1 Å². The van der Waals surface area contributed by atoms with E-state index in [-0.39, 0.29) is 22.4 Å². The zero-order valence-corrected chi connectivity index (χ0v) is 17.3. The maximum absolute atomic E-state index is 13.9. The first kappa shape index (κ1) is 19.0. The minimum atomic E-state index is -0.327. The van der Waals surface area contributed by atoms with Gasteiger partial charge in [0.15, 0.2) is 5.65 Å². The van der Waals surface area contributed by atoms with Crippen molar-refractivity contribution < 1.29 is 0 Å². The molecule has 2 aromatic heterocycles. The van der Waals surface area contributed by atoms with E-state index in [1.165, 1.54) is 0 Å². The predicted octanol–water partition coefficient (Wildman–Crippen LogP) is 4.52. The Morgan fingerprint density at radius 1 is 0.806 bits per heavy atom. The summed E-state index contributed by atoms with van der Waals surface area (Å²) in [4.78, 5) is 32.1. The molecule has 0 fully saturated rings. The number of hydrogen-bond acceptors (Lipinski definition) is 3. The summed E-state index contributed by atoms with van der Waals surface area (Å²) in [7, 11) is 1.84. The van der Waals surface area contributed by atoms with E-state index in [9.17, 15) is 9.59 Å². The summed E-state index contributed by atoms with van der Waals surface area (Å²) >= 11 is 0. The Kier molecular flexibility index (Phi) is 4.51. The van der Waals surface area contributed by atoms with E-state index in [1.807, 2.05) is 97.4 Å². The first-order valence-corrected chi connectivity index (χ1v) is 10.2. The molecule has 152 valence electrons. The van der Waals surface area contributed by atoms with Gasteiger partial charge < -0.3 is 4.57 Å². The van der Waals surface area contributed by atoms with Crippen molar-refractivity contribution in [2.75, 3.05) is 0 Å². The Hall–Kier alpha value is -3.99. The summed E-state index contributed by atoms with van der Waals surface area (Å²) in [6, 6.07) is 26.4. The Morgan fingerprint density at radius 2 is 1.42 bits per heavy atom. The van der Waals surface area contributed by atoms with Crippen LogP contribution >= 0.6 is 0 Å². The van der Waals surface area contributed by atoms with Gasteiger partial charge in [0, 0.05) is 18.0 Å². The van der Waals surface area contributed by atoms with Crippen LogP contribution in [0.15, 0.2) is 94.5 Å². The molecule has 0 aliphatic heterocycles. The summed E-state index contributed by atoms with van der Waals surface area (Å²) < 4.78 is 3.47. The Bertz CT molecular complexity index is 1530. The normalized spacial score (nSPS) is 12.3. The second-order valence-corrected chi connectivity index (χ2v) is 7.67. The Morgan fingerprint density at radius 3 is 2.13 bits per heavy atom. The molecular formula is C26H21N3O2. The monoisotopic (exact) mass is 407 g/mol. The lowest BCUT2D eigenvalue weighted by Crippen LogP contribution is -2.31. The van der Waals surface area contributed by atoms with E-state index < -0.39 is 0 Å². The van der Waals surface area contributed by atoms with Crippen molar-refractivity contribution in [2.24, 2.45) is 7.05 Å². The number of rotatable bonds is 3. The summed E-state index contributed by atoms with van der Waals surface area (Å²) in [5, 5.41) is 0.631. The molecule has 0 amide bonds. The fourth-order valence-electron chi connectivity index (χ4n) is 4.20. The van der Waals surface area contributed by atoms with E-state index >= 15 is 0 Å². The molecular weight excluding hydrogens is 386 g/mol. The van der Waals surface area contributed by atoms with Crippen LogP contribution in [0.1, 0.15) is 18.5 Å². The van der Waals surface area contributed by atoms with Gasteiger partial charge in [-0.1, -0.05) is 72.8 Å². The minimum absolute atomic E-state index is 0.115. The number of benzene rings is 3. The van der Waals surface area contributed by atoms with Gasteiger partial charge in [0.2, 0.25) is 5.43 Å². The number of aromatic nitrogens is 3. The highest BCUT2D eigenvalue weighted by atomic mass is 16.1. The molecule has 0 aliphatic carbocycles. The topological polar surface area (TPSA) is 56.9 Å². The van der Waals surface area contributed by atoms with Crippen molar-refractivity contribution in [3.05, 3.63) is 111 Å². The molecule has 1 atom stereocenters. The van der Waals surface area contributed by atoms with Crippen molar-refractivity contribution >= 4 is 21.9 Å². The van der Waals surface area contributed by atoms with Crippen molar-refractivity contribution in [3.8, 4) is 11.4 Å². The summed E-state index contributed by atoms with van der Waals surface area (Å²) in [6.45, 7) is 1.96. The Balaban J connectivity index is 1.96. The molecule has 31 heavy (non-hydrogen) atoms. The third kappa shape index (κ3) is 2.97. The smallest absolute Gasteiger partial charge is 0.267 e. The third-order valence-corrected chi connectivity index (χ3v) is 5.85. The number of nitrogens with zero attached hydrogens (tertiary/aromatic N) is 3. The van der Waals surface area contributed by atoms with Gasteiger partial charge in [-0.2, -0.15) is 0 Å². The van der Waals surface area contributed by atoms with Gasteiger partial charge >= 0.3 is 0 Å². The molecule has 0 saturated heterocycles. The van der Waals surface area contributed by atoms with Crippen LogP contribution in [0.2, 0.25) is 0 Å². The standard InChI is InChI=1S/C26H21N3O2/c1-17(18-11-5-3-6-12-18)29-24(19-13-7-4-8-14-19)27-25-22(26(29)31)23(30)20-15-9-10-16-21(20)28(25)2/h3-17H,1-2H3. The average molecular weight is 407 g/mol. The van der Waals surface area contributed by atoms with Gasteiger partial charge in [-0.15, -0.1) is 0 Å². The van der Waals surface area contributed by atoms with Crippen LogP contribution in [-0.2, 0) is 7.05 Å². The molecule has 0 spiro atoms. The van der Waals surface area contributed by atoms with Crippen LogP contribution in [0.4, 0.5) is 0 Å². The molecule has 5 rings (SSSR count). The largest absolute Gasteiger partial charge is 0.328 e. The molecule has 5 nitrogen and oxygen atoms in total. The van der Waals surface area contributed by atoms with Crippen LogP contribution in [0.5, 0.6) is 0 Å². The first-order valence-electron chi connectivity index (χ1n) is 10.2. The molecule has 2 heterocycles. The van der Waals surface area contributed by atoms with Crippen LogP contribution < -0.4 is 11.0 Å². The van der Waals surface area contributed by atoms with Crippen molar-refractivity contribution in [1.82, 2.24) is 14.1 Å². The number of fused-ring (bicyclic) bond motifs is 2. The van der Waals surface area contributed by atoms with Crippen LogP contribution in [0.3, 0.4) is 0 Å². The molecule has 0 bridgehead atoms. The van der Waals surface area contributed by atoms with E-state index in [0.717, 1.165) is 16.6 Å². The van der Waals surface area contributed by atoms with Gasteiger partial charge in [0.25, 0.3) is 5.56 Å². The van der Waals surface area contributed by atoms with E-state index in [0.29, 0.717) is 16.9 Å². The maximum Gasteiger partial charge on any atom is 0.267 e. The molecule has 0 aliphatic rings. The quantitative estimate of drug-likeness (QED) is 0.413. The average Bonchev–Trinajstić information content (AvgIpc) is 2.82. The highest BCUT2D eigenvalue weighted by Gasteiger charge is 2.22. The lowest BCUT2D eigenvalue weighted by atomic mass is 10.1. The van der Waals surface area contributed by atoms with Crippen molar-refractivity contribution in [1.29, 1.82) is 0 Å². The summed E-state index contributed by atoms with van der Waals surface area (Å²) in [5.41, 5.74) is 2.33. The number of aryl methyl sites for hydroxylation is 1. The van der Waals surface area contributed by atoms with E-state index in [4.69, 9.17) is 4.98 Å². The van der Waals surface area contributed by atoms with Crippen molar-refractivity contribution in [3.63, 3.8) is 0 Å². The molecule has 3 aromatic carbocycles. The highest BCUT2D eigenvalue weighted by Crippen LogP contribution is 2.25. The predicted molar refractivity (Wildman–Crippen MR) is 124 cm³/mol. The van der Waals surface area contributed by atoms with E-state index in [2.05, 4.69) is 0 Å². The fourth-order valence-corrected chi connectivity index (χ4v) is 4.20. The molecule has 5 heteroatoms. The second kappa shape index (κ2) is 7.36. The summed E-state index contributed by atoms with van der Waals surface area (Å²) in [5.74, 6) is 0.541. The number of pyridine rings is 1. The van der Waals surface area contributed by atoms with Gasteiger partial charge in [0.1, 0.15) is 11.2 Å². The SMILES string of the molecule is CC(c1ccccc1)n1c(-c2ccccc2)nc2c(c(=O)c3ccccc3n2C)c1=O. The zero-order valence-electron chi connectivity index (χ0n) is 17.3. The van der Waals surface area contributed by atoms with Crippen molar-refractivity contribution in [2.45, 2.75) is 13.0 Å². The Labute approximate surface area is 178 Å². The van der Waals surface area contributed by atoms with Gasteiger partial charge in [0.05, 0.1) is 11.6 Å². The lowest BCUT2D eigenvalue weighted by Gasteiger charge is -2.21. The van der Waals surface area contributed by atoms with Crippen LogP contribution in [0, 0.1) is 0 Å². The zero-order chi connectivity index (χ0) is 21.5. The van der Waals surface area contributed by atoms with Crippen LogP contribution in [0.25, 0.3) is 33.3 Å². The van der Waals surface area contributed by atoms with Gasteiger partial charge in [-0.3, -0.25) is 14.2 Å². The number of hydrogen-bond donors (Lipinski definition) is 0. The van der Waals surface area contributed by atoms with Gasteiger partial charge in [-0.25, -0.2) is 4.98 Å². The van der Waals surface area contributed by atoms with E-state index in [1.54, 1.807) is 10.6 Å². The van der Waals surface area contributed by atoms with Gasteiger partial charge in [-0.05, 0) is 24.6 Å². The minimum Gasteiger partial charge on any atom is -0.328 e. The fraction of sp³-hybridized carbons (Fsp3) is 0.115. The lowest BCUT2D eigenvalue weighted by molar-refractivity contribution is 0.615. The molecule has 0 radical (unpaired) electrons. The molecule has 5 aromatic rings. The maximum atomic E-state index is 13.9. The second-order valence-electron chi connectivity index (χ2n) is 7.67. The first-order chi connectivity index (χ1) is 15.1. The third-order valence-electron chi connectivity index (χ3n) is 5.85. The molecule has 1 unspecified atom stereocenters. The number of para-hydroxylation sites is 1. The summed E-state index contributed by atoms with van der Waals surface area (Å²) in [6.07, 6.45) is 0. The highest BCUT2D eigenvalue weighted by molar-refractivity contribution is 5.92.